The van der Waals surface area contributed by atoms with Crippen LogP contribution >= 0.6 is 22.9 Å². The van der Waals surface area contributed by atoms with E-state index in [1.54, 1.807) is 51.1 Å². The van der Waals surface area contributed by atoms with Crippen molar-refractivity contribution in [3.05, 3.63) is 74.6 Å². The lowest BCUT2D eigenvalue weighted by atomic mass is 10.1. The second-order valence-electron chi connectivity index (χ2n) is 7.75. The highest BCUT2D eigenvalue weighted by Crippen LogP contribution is 2.34. The smallest absolute Gasteiger partial charge is 0.341 e. The van der Waals surface area contributed by atoms with E-state index in [0.717, 1.165) is 16.9 Å². The summed E-state index contributed by atoms with van der Waals surface area (Å²) in [6.45, 7) is 5.03. The van der Waals surface area contributed by atoms with Crippen molar-refractivity contribution in [1.82, 2.24) is 0 Å². The minimum Gasteiger partial charge on any atom is -0.483 e. The molecule has 0 aliphatic heterocycles. The summed E-state index contributed by atoms with van der Waals surface area (Å²) in [5, 5.41) is 6.07. The number of halogens is 1. The summed E-state index contributed by atoms with van der Waals surface area (Å²) < 4.78 is 15.4. The molecule has 0 radical (unpaired) electrons. The standard InChI is InChI=1S/C26H25ClN2O7S/c1-5-35-25(32)16-6-9-18(10-7-16)28-23(31)22-15(3)21(26(33)34-4)24(37-22)29-20(30)13-36-19-11-8-17(27)12-14(19)2/h6-12H,5,13H2,1-4H3,(H,28,31)(H,29,30). The molecule has 9 nitrogen and oxygen atoms in total. The maximum Gasteiger partial charge on any atom is 0.341 e. The van der Waals surface area contributed by atoms with Crippen LogP contribution in [0.3, 0.4) is 0 Å². The quantitative estimate of drug-likeness (QED) is 0.353. The molecule has 0 saturated carbocycles. The maximum atomic E-state index is 13.0. The summed E-state index contributed by atoms with van der Waals surface area (Å²) in [7, 11) is 1.21. The van der Waals surface area contributed by atoms with Gasteiger partial charge in [-0.25, -0.2) is 9.59 Å². The molecule has 0 atom stereocenters. The molecule has 0 aliphatic rings. The molecule has 0 fully saturated rings. The zero-order valence-electron chi connectivity index (χ0n) is 20.6. The summed E-state index contributed by atoms with van der Waals surface area (Å²) in [5.41, 5.74) is 1.97. The first-order chi connectivity index (χ1) is 17.6. The van der Waals surface area contributed by atoms with Gasteiger partial charge in [-0.1, -0.05) is 11.6 Å². The first-order valence-corrected chi connectivity index (χ1v) is 12.3. The van der Waals surface area contributed by atoms with Crippen molar-refractivity contribution in [2.75, 3.05) is 31.0 Å². The summed E-state index contributed by atoms with van der Waals surface area (Å²) in [5.74, 6) is -1.69. The zero-order chi connectivity index (χ0) is 27.1. The average molecular weight is 545 g/mol. The van der Waals surface area contributed by atoms with Gasteiger partial charge in [0, 0.05) is 10.7 Å². The molecule has 0 spiro atoms. The number of rotatable bonds is 9. The number of aryl methyl sites for hydroxylation is 1. The molecule has 3 aromatic rings. The minimum absolute atomic E-state index is 0.0753. The van der Waals surface area contributed by atoms with Crippen LogP contribution in [0, 0.1) is 13.8 Å². The first-order valence-electron chi connectivity index (χ1n) is 11.1. The normalized spacial score (nSPS) is 10.4. The Morgan fingerprint density at radius 3 is 2.30 bits per heavy atom. The van der Waals surface area contributed by atoms with Crippen molar-refractivity contribution in [3.63, 3.8) is 0 Å². The van der Waals surface area contributed by atoms with Crippen LogP contribution in [0.5, 0.6) is 5.75 Å². The summed E-state index contributed by atoms with van der Waals surface area (Å²) >= 11 is 6.88. The van der Waals surface area contributed by atoms with Gasteiger partial charge in [-0.3, -0.25) is 9.59 Å². The molecule has 1 heterocycles. The molecule has 0 saturated heterocycles. The zero-order valence-corrected chi connectivity index (χ0v) is 22.2. The molecule has 0 unspecified atom stereocenters. The number of anilines is 2. The molecule has 1 aromatic heterocycles. The molecule has 2 N–H and O–H groups in total. The SMILES string of the molecule is CCOC(=O)c1ccc(NC(=O)c2sc(NC(=O)COc3ccc(Cl)cc3C)c(C(=O)OC)c2C)cc1. The molecule has 2 aromatic carbocycles. The molecule has 0 aliphatic carbocycles. The van der Waals surface area contributed by atoms with Crippen LogP contribution in [0.25, 0.3) is 0 Å². The third kappa shape index (κ3) is 6.87. The first kappa shape index (κ1) is 27.7. The van der Waals surface area contributed by atoms with E-state index in [2.05, 4.69) is 10.6 Å². The minimum atomic E-state index is -0.698. The maximum absolute atomic E-state index is 13.0. The lowest BCUT2D eigenvalue weighted by Gasteiger charge is -2.10. The summed E-state index contributed by atoms with van der Waals surface area (Å²) in [6.07, 6.45) is 0. The van der Waals surface area contributed by atoms with E-state index in [-0.39, 0.29) is 28.7 Å². The Labute approximate surface area is 222 Å². The van der Waals surface area contributed by atoms with E-state index in [9.17, 15) is 19.2 Å². The molecule has 2 amide bonds. The third-order valence-electron chi connectivity index (χ3n) is 5.15. The van der Waals surface area contributed by atoms with E-state index < -0.39 is 23.8 Å². The van der Waals surface area contributed by atoms with Crippen molar-refractivity contribution >= 4 is 57.4 Å². The van der Waals surface area contributed by atoms with Gasteiger partial charge >= 0.3 is 11.9 Å². The predicted octanol–water partition coefficient (Wildman–Crippen LogP) is 5.25. The predicted molar refractivity (Wildman–Crippen MR) is 141 cm³/mol. The van der Waals surface area contributed by atoms with Crippen LogP contribution in [-0.2, 0) is 14.3 Å². The highest BCUT2D eigenvalue weighted by atomic mass is 35.5. The lowest BCUT2D eigenvalue weighted by Crippen LogP contribution is -2.21. The fourth-order valence-electron chi connectivity index (χ4n) is 3.34. The van der Waals surface area contributed by atoms with Crippen LogP contribution in [-0.4, -0.2) is 44.1 Å². The highest BCUT2D eigenvalue weighted by molar-refractivity contribution is 7.19. The van der Waals surface area contributed by atoms with E-state index in [4.69, 9.17) is 25.8 Å². The largest absolute Gasteiger partial charge is 0.483 e. The Kier molecular flexibility index (Phi) is 9.26. The Balaban J connectivity index is 1.76. The topological polar surface area (TPSA) is 120 Å². The number of carbonyl (C=O) groups is 4. The van der Waals surface area contributed by atoms with Crippen LogP contribution in [0.4, 0.5) is 10.7 Å². The molecular formula is C26H25ClN2O7S. The highest BCUT2D eigenvalue weighted by Gasteiger charge is 2.26. The Bertz CT molecular complexity index is 1340. The van der Waals surface area contributed by atoms with Crippen LogP contribution < -0.4 is 15.4 Å². The van der Waals surface area contributed by atoms with Crippen LogP contribution in [0.2, 0.25) is 5.02 Å². The van der Waals surface area contributed by atoms with Gasteiger partial charge in [-0.2, -0.15) is 0 Å². The number of nitrogens with one attached hydrogen (secondary N) is 2. The van der Waals surface area contributed by atoms with E-state index >= 15 is 0 Å². The summed E-state index contributed by atoms with van der Waals surface area (Å²) in [6, 6.07) is 11.2. The van der Waals surface area contributed by atoms with Crippen molar-refractivity contribution < 1.29 is 33.4 Å². The average Bonchev–Trinajstić information content (AvgIpc) is 3.19. The van der Waals surface area contributed by atoms with Gasteiger partial charge in [0.2, 0.25) is 0 Å². The van der Waals surface area contributed by atoms with Gasteiger partial charge in [-0.15, -0.1) is 11.3 Å². The number of carbonyl (C=O) groups excluding carboxylic acids is 4. The van der Waals surface area contributed by atoms with Crippen molar-refractivity contribution in [2.24, 2.45) is 0 Å². The number of amides is 2. The second kappa shape index (κ2) is 12.4. The fourth-order valence-corrected chi connectivity index (χ4v) is 4.67. The van der Waals surface area contributed by atoms with Crippen LogP contribution in [0.15, 0.2) is 42.5 Å². The van der Waals surface area contributed by atoms with E-state index in [1.165, 1.54) is 19.2 Å². The fraction of sp³-hybridized carbons (Fsp3) is 0.231. The third-order valence-corrected chi connectivity index (χ3v) is 6.59. The van der Waals surface area contributed by atoms with Crippen molar-refractivity contribution in [3.8, 4) is 5.75 Å². The van der Waals surface area contributed by atoms with E-state index in [0.29, 0.717) is 27.6 Å². The number of hydrogen-bond donors (Lipinski definition) is 2. The number of ether oxygens (including phenoxy) is 3. The van der Waals surface area contributed by atoms with Crippen LogP contribution in [0.1, 0.15) is 48.4 Å². The Hall–Kier alpha value is -3.89. The second-order valence-corrected chi connectivity index (χ2v) is 9.21. The summed E-state index contributed by atoms with van der Waals surface area (Å²) in [4.78, 5) is 50.1. The van der Waals surface area contributed by atoms with Gasteiger partial charge in [-0.05, 0) is 74.4 Å². The Morgan fingerprint density at radius 2 is 1.68 bits per heavy atom. The van der Waals surface area contributed by atoms with Gasteiger partial charge in [0.1, 0.15) is 10.8 Å². The molecule has 0 bridgehead atoms. The number of methoxy groups -OCH3 is 1. The molecule has 11 heteroatoms. The van der Waals surface area contributed by atoms with Gasteiger partial charge < -0.3 is 24.8 Å². The van der Waals surface area contributed by atoms with Gasteiger partial charge in [0.15, 0.2) is 6.61 Å². The number of esters is 2. The van der Waals surface area contributed by atoms with Crippen molar-refractivity contribution in [1.29, 1.82) is 0 Å². The molecule has 194 valence electrons. The number of thiophene rings is 1. The number of hydrogen-bond acceptors (Lipinski definition) is 8. The lowest BCUT2D eigenvalue weighted by molar-refractivity contribution is -0.118. The van der Waals surface area contributed by atoms with Gasteiger partial charge in [0.25, 0.3) is 11.8 Å². The molecule has 3 rings (SSSR count). The Morgan fingerprint density at radius 1 is 0.973 bits per heavy atom. The van der Waals surface area contributed by atoms with Crippen molar-refractivity contribution in [2.45, 2.75) is 20.8 Å². The molecule has 37 heavy (non-hydrogen) atoms. The number of benzene rings is 2. The van der Waals surface area contributed by atoms with E-state index in [1.807, 2.05) is 0 Å². The van der Waals surface area contributed by atoms with Gasteiger partial charge in [0.05, 0.1) is 29.7 Å². The molecular weight excluding hydrogens is 520 g/mol. The monoisotopic (exact) mass is 544 g/mol.